The SMILES string of the molecule is O=C(CC(NC(=O)[C@@H]1CSCN1S(=O)(=O)c1ccccc1)SCC1CCCCC1)NC1CCN(Cc2ccccc2)CC1. The Morgan fingerprint density at radius 3 is 2.30 bits per heavy atom. The van der Waals surface area contributed by atoms with Gasteiger partial charge in [-0.25, -0.2) is 8.42 Å². The van der Waals surface area contributed by atoms with Gasteiger partial charge >= 0.3 is 0 Å². The van der Waals surface area contributed by atoms with E-state index in [0.29, 0.717) is 11.7 Å². The number of amides is 2. The highest BCUT2D eigenvalue weighted by molar-refractivity contribution is 8.00. The predicted molar refractivity (Wildman–Crippen MR) is 175 cm³/mol. The Morgan fingerprint density at radius 2 is 1.60 bits per heavy atom. The van der Waals surface area contributed by atoms with Gasteiger partial charge in [-0.2, -0.15) is 4.31 Å². The molecule has 1 saturated carbocycles. The number of sulfonamides is 1. The van der Waals surface area contributed by atoms with Crippen molar-refractivity contribution in [1.29, 1.82) is 0 Å². The van der Waals surface area contributed by atoms with Gasteiger partial charge in [0.1, 0.15) is 6.04 Å². The quantitative estimate of drug-likeness (QED) is 0.324. The van der Waals surface area contributed by atoms with Crippen LogP contribution < -0.4 is 10.6 Å². The molecule has 5 rings (SSSR count). The smallest absolute Gasteiger partial charge is 0.244 e. The van der Waals surface area contributed by atoms with Crippen molar-refractivity contribution in [2.45, 2.75) is 80.3 Å². The summed E-state index contributed by atoms with van der Waals surface area (Å²) in [7, 11) is -3.80. The van der Waals surface area contributed by atoms with Crippen LogP contribution in [0.25, 0.3) is 0 Å². The fourth-order valence-corrected chi connectivity index (χ4v) is 10.6. The molecule has 2 saturated heterocycles. The maximum Gasteiger partial charge on any atom is 0.244 e. The minimum absolute atomic E-state index is 0.0579. The van der Waals surface area contributed by atoms with Crippen LogP contribution in [-0.4, -0.2) is 77.4 Å². The summed E-state index contributed by atoms with van der Waals surface area (Å²) in [6.07, 6.45) is 8.09. The van der Waals surface area contributed by atoms with Crippen LogP contribution in [0.3, 0.4) is 0 Å². The van der Waals surface area contributed by atoms with E-state index < -0.39 is 21.4 Å². The Morgan fingerprint density at radius 1 is 0.930 bits per heavy atom. The average Bonchev–Trinajstić information content (AvgIpc) is 3.54. The van der Waals surface area contributed by atoms with Gasteiger partial charge in [0, 0.05) is 31.4 Å². The summed E-state index contributed by atoms with van der Waals surface area (Å²) in [4.78, 5) is 29.4. The molecule has 3 fully saturated rings. The van der Waals surface area contributed by atoms with Gasteiger partial charge in [-0.3, -0.25) is 14.5 Å². The van der Waals surface area contributed by atoms with Gasteiger partial charge in [0.05, 0.1) is 22.6 Å². The van der Waals surface area contributed by atoms with Crippen LogP contribution in [0.1, 0.15) is 56.9 Å². The van der Waals surface area contributed by atoms with Crippen molar-refractivity contribution >= 4 is 45.4 Å². The number of rotatable bonds is 12. The molecule has 2 heterocycles. The lowest BCUT2D eigenvalue weighted by molar-refractivity contribution is -0.124. The lowest BCUT2D eigenvalue weighted by Gasteiger charge is -2.33. The van der Waals surface area contributed by atoms with E-state index in [1.807, 2.05) is 6.07 Å². The first kappa shape index (κ1) is 32.3. The third-order valence-corrected chi connectivity index (χ3v) is 13.0. The number of carbonyl (C=O) groups excluding carboxylic acids is 2. The van der Waals surface area contributed by atoms with Crippen LogP contribution in [0.4, 0.5) is 0 Å². The van der Waals surface area contributed by atoms with Crippen LogP contribution in [-0.2, 0) is 26.2 Å². The average molecular weight is 645 g/mol. The molecule has 0 aromatic heterocycles. The third kappa shape index (κ3) is 9.23. The van der Waals surface area contributed by atoms with Gasteiger partial charge in [-0.15, -0.1) is 23.5 Å². The van der Waals surface area contributed by atoms with E-state index in [1.54, 1.807) is 42.1 Å². The van der Waals surface area contributed by atoms with Crippen molar-refractivity contribution < 1.29 is 18.0 Å². The van der Waals surface area contributed by atoms with E-state index in [0.717, 1.165) is 38.2 Å². The van der Waals surface area contributed by atoms with E-state index in [-0.39, 0.29) is 35.0 Å². The monoisotopic (exact) mass is 644 g/mol. The molecule has 8 nitrogen and oxygen atoms in total. The molecule has 0 spiro atoms. The summed E-state index contributed by atoms with van der Waals surface area (Å²) in [6.45, 7) is 2.78. The van der Waals surface area contributed by atoms with Gasteiger partial charge in [-0.05, 0) is 55.1 Å². The van der Waals surface area contributed by atoms with Crippen molar-refractivity contribution in [1.82, 2.24) is 19.8 Å². The molecule has 2 aromatic rings. The molecule has 2 amide bonds. The van der Waals surface area contributed by atoms with Crippen LogP contribution in [0.5, 0.6) is 0 Å². The zero-order valence-electron chi connectivity index (χ0n) is 24.7. The Hall–Kier alpha value is -2.05. The van der Waals surface area contributed by atoms with Crippen molar-refractivity contribution in [3.8, 4) is 0 Å². The van der Waals surface area contributed by atoms with Gasteiger partial charge in [0.2, 0.25) is 21.8 Å². The van der Waals surface area contributed by atoms with Gasteiger partial charge in [0.25, 0.3) is 0 Å². The molecule has 234 valence electrons. The van der Waals surface area contributed by atoms with Gasteiger partial charge < -0.3 is 10.6 Å². The second-order valence-corrected chi connectivity index (χ2v) is 16.0. The number of nitrogens with zero attached hydrogens (tertiary/aromatic N) is 2. The van der Waals surface area contributed by atoms with E-state index in [9.17, 15) is 18.0 Å². The fraction of sp³-hybridized carbons (Fsp3) is 0.562. The summed E-state index contributed by atoms with van der Waals surface area (Å²) < 4.78 is 28.0. The summed E-state index contributed by atoms with van der Waals surface area (Å²) >= 11 is 3.07. The number of carbonyl (C=O) groups is 2. The lowest BCUT2D eigenvalue weighted by atomic mass is 9.91. The number of benzene rings is 2. The summed E-state index contributed by atoms with van der Waals surface area (Å²) in [5.41, 5.74) is 1.30. The first-order valence-corrected chi connectivity index (χ1v) is 19.1. The molecule has 1 aliphatic carbocycles. The predicted octanol–water partition coefficient (Wildman–Crippen LogP) is 4.68. The highest BCUT2D eigenvalue weighted by Crippen LogP contribution is 2.31. The first-order chi connectivity index (χ1) is 20.9. The lowest BCUT2D eigenvalue weighted by Crippen LogP contribution is -2.50. The zero-order chi connectivity index (χ0) is 30.1. The summed E-state index contributed by atoms with van der Waals surface area (Å²) in [5, 5.41) is 5.92. The molecule has 2 aromatic carbocycles. The Labute approximate surface area is 265 Å². The Kier molecular flexibility index (Phi) is 11.9. The van der Waals surface area contributed by atoms with E-state index in [4.69, 9.17) is 0 Å². The van der Waals surface area contributed by atoms with Crippen molar-refractivity contribution in [2.24, 2.45) is 5.92 Å². The molecular formula is C32H44N4O4S3. The maximum absolute atomic E-state index is 13.6. The second kappa shape index (κ2) is 15.8. The minimum atomic E-state index is -3.80. The zero-order valence-corrected chi connectivity index (χ0v) is 27.2. The van der Waals surface area contributed by atoms with Crippen molar-refractivity contribution in [3.63, 3.8) is 0 Å². The van der Waals surface area contributed by atoms with Gasteiger partial charge in [0.15, 0.2) is 0 Å². The van der Waals surface area contributed by atoms with Crippen LogP contribution >= 0.6 is 23.5 Å². The van der Waals surface area contributed by atoms with E-state index >= 15 is 0 Å². The number of thioether (sulfide) groups is 2. The highest BCUT2D eigenvalue weighted by atomic mass is 32.2. The summed E-state index contributed by atoms with van der Waals surface area (Å²) in [5.74, 6) is 1.73. The molecule has 2 atom stereocenters. The minimum Gasteiger partial charge on any atom is -0.353 e. The number of piperidine rings is 1. The number of likely N-dealkylation sites (tertiary alicyclic amines) is 1. The number of nitrogens with one attached hydrogen (secondary N) is 2. The molecule has 0 radical (unpaired) electrons. The highest BCUT2D eigenvalue weighted by Gasteiger charge is 2.40. The Balaban J connectivity index is 1.17. The summed E-state index contributed by atoms with van der Waals surface area (Å²) in [6, 6.07) is 18.1. The first-order valence-electron chi connectivity index (χ1n) is 15.5. The molecule has 11 heteroatoms. The van der Waals surface area contributed by atoms with Crippen molar-refractivity contribution in [2.75, 3.05) is 30.5 Å². The molecule has 3 aliphatic rings. The van der Waals surface area contributed by atoms with Crippen LogP contribution in [0.15, 0.2) is 65.6 Å². The maximum atomic E-state index is 13.6. The topological polar surface area (TPSA) is 98.8 Å². The molecule has 43 heavy (non-hydrogen) atoms. The third-order valence-electron chi connectivity index (χ3n) is 8.63. The van der Waals surface area contributed by atoms with Crippen molar-refractivity contribution in [3.05, 3.63) is 66.2 Å². The van der Waals surface area contributed by atoms with Gasteiger partial charge in [-0.1, -0.05) is 67.8 Å². The molecule has 0 bridgehead atoms. The Bertz CT molecular complexity index is 1280. The molecular weight excluding hydrogens is 601 g/mol. The standard InChI is InChI=1S/C32H44N4O4S3/c37-30(33-27-16-18-35(19-17-27)21-25-10-4-1-5-11-25)20-31(42-22-26-12-6-2-7-13-26)34-32(38)29-23-41-24-36(29)43(39,40)28-14-8-3-9-15-28/h1,3-5,8-11,14-15,26-27,29,31H,2,6-7,12-13,16-24H2,(H,33,37)(H,34,38)/t29-,31?/m0/s1. The largest absolute Gasteiger partial charge is 0.353 e. The molecule has 1 unspecified atom stereocenters. The molecule has 2 N–H and O–H groups in total. The van der Waals surface area contributed by atoms with E-state index in [2.05, 4.69) is 39.8 Å². The van der Waals surface area contributed by atoms with E-state index in [1.165, 1.54) is 53.7 Å². The fourth-order valence-electron chi connectivity index (χ4n) is 6.14. The normalized spacial score (nSPS) is 21.8. The second-order valence-electron chi connectivity index (χ2n) is 11.9. The number of hydrogen-bond acceptors (Lipinski definition) is 7. The molecule has 2 aliphatic heterocycles. The van der Waals surface area contributed by atoms with Crippen LogP contribution in [0.2, 0.25) is 0 Å². The number of hydrogen-bond donors (Lipinski definition) is 2. The van der Waals surface area contributed by atoms with Crippen LogP contribution in [0, 0.1) is 5.92 Å².